The molecular formula is C19H19F2NO4. The second-order valence-electron chi connectivity index (χ2n) is 5.59. The molecule has 138 valence electrons. The van der Waals surface area contributed by atoms with E-state index in [1.807, 2.05) is 0 Å². The number of amides is 1. The minimum absolute atomic E-state index is 0.0251. The molecule has 0 aliphatic heterocycles. The molecule has 0 saturated heterocycles. The summed E-state index contributed by atoms with van der Waals surface area (Å²) >= 11 is 0. The van der Waals surface area contributed by atoms with Gasteiger partial charge in [-0.15, -0.1) is 0 Å². The third kappa shape index (κ3) is 5.84. The number of ether oxygens (including phenoxy) is 2. The number of hydrogen-bond donors (Lipinski definition) is 1. The molecule has 2 aromatic carbocycles. The monoisotopic (exact) mass is 363 g/mol. The fraction of sp³-hybridized carbons (Fsp3) is 0.263. The molecule has 2 aromatic rings. The quantitative estimate of drug-likeness (QED) is 0.728. The largest absolute Gasteiger partial charge is 0.481 e. The van der Waals surface area contributed by atoms with Gasteiger partial charge in [0.2, 0.25) is 0 Å². The van der Waals surface area contributed by atoms with Crippen molar-refractivity contribution >= 4 is 11.7 Å². The van der Waals surface area contributed by atoms with Crippen molar-refractivity contribution in [3.8, 4) is 11.5 Å². The second-order valence-corrected chi connectivity index (χ2v) is 5.59. The molecule has 1 atom stereocenters. The molecule has 0 aliphatic carbocycles. The normalized spacial score (nSPS) is 11.7. The lowest BCUT2D eigenvalue weighted by Gasteiger charge is -2.15. The van der Waals surface area contributed by atoms with Gasteiger partial charge in [-0.1, -0.05) is 24.3 Å². The van der Waals surface area contributed by atoms with Crippen LogP contribution in [0.2, 0.25) is 0 Å². The van der Waals surface area contributed by atoms with Crippen molar-refractivity contribution in [3.05, 3.63) is 59.7 Å². The number of halogens is 2. The van der Waals surface area contributed by atoms with Gasteiger partial charge in [-0.05, 0) is 43.7 Å². The molecule has 0 bridgehead atoms. The van der Waals surface area contributed by atoms with Crippen molar-refractivity contribution < 1.29 is 27.8 Å². The highest BCUT2D eigenvalue weighted by molar-refractivity contribution is 5.94. The van der Waals surface area contributed by atoms with Gasteiger partial charge in [-0.25, -0.2) is 0 Å². The number of alkyl halides is 2. The van der Waals surface area contributed by atoms with Crippen LogP contribution in [0.25, 0.3) is 0 Å². The lowest BCUT2D eigenvalue weighted by atomic mass is 10.1. The molecule has 5 nitrogen and oxygen atoms in total. The van der Waals surface area contributed by atoms with Gasteiger partial charge >= 0.3 is 6.61 Å². The van der Waals surface area contributed by atoms with Crippen molar-refractivity contribution in [1.29, 1.82) is 0 Å². The molecule has 7 heteroatoms. The summed E-state index contributed by atoms with van der Waals surface area (Å²) in [5.41, 5.74) is 1.10. The molecule has 1 N–H and O–H groups in total. The molecule has 26 heavy (non-hydrogen) atoms. The van der Waals surface area contributed by atoms with Crippen LogP contribution in [0.15, 0.2) is 48.5 Å². The van der Waals surface area contributed by atoms with Gasteiger partial charge < -0.3 is 14.8 Å². The standard InChI is InChI=1S/C19H19F2NO4/c1-12(23)15-6-4-8-17(10-15)25-13(2)18(24)22-11-14-5-3-7-16(9-14)26-19(20)21/h3-10,13,19H,11H2,1-2H3,(H,22,24). The van der Waals surface area contributed by atoms with Gasteiger partial charge in [-0.2, -0.15) is 8.78 Å². The maximum atomic E-state index is 12.2. The molecule has 1 unspecified atom stereocenters. The Balaban J connectivity index is 1.91. The Morgan fingerprint density at radius 3 is 2.35 bits per heavy atom. The third-order valence-electron chi connectivity index (χ3n) is 3.51. The molecular weight excluding hydrogens is 344 g/mol. The molecule has 0 spiro atoms. The van der Waals surface area contributed by atoms with E-state index in [1.165, 1.54) is 19.1 Å². The topological polar surface area (TPSA) is 64.6 Å². The maximum Gasteiger partial charge on any atom is 0.387 e. The average Bonchev–Trinajstić information content (AvgIpc) is 2.59. The van der Waals surface area contributed by atoms with Crippen LogP contribution in [0.3, 0.4) is 0 Å². The molecule has 0 fully saturated rings. The Labute approximate surface area is 149 Å². The molecule has 0 aliphatic rings. The predicted octanol–water partition coefficient (Wildman–Crippen LogP) is 3.57. The Kier molecular flexibility index (Phi) is 6.66. The summed E-state index contributed by atoms with van der Waals surface area (Å²) < 4.78 is 34.3. The lowest BCUT2D eigenvalue weighted by Crippen LogP contribution is -2.35. The molecule has 0 aromatic heterocycles. The van der Waals surface area contributed by atoms with Crippen molar-refractivity contribution in [2.75, 3.05) is 0 Å². The number of Topliss-reactive ketones (excluding diaryl/α,β-unsaturated/α-hetero) is 1. The molecule has 1 amide bonds. The predicted molar refractivity (Wildman–Crippen MR) is 91.5 cm³/mol. The number of ketones is 1. The first-order valence-electron chi connectivity index (χ1n) is 7.94. The Hall–Kier alpha value is -2.96. The van der Waals surface area contributed by atoms with E-state index in [1.54, 1.807) is 43.3 Å². The van der Waals surface area contributed by atoms with Crippen LogP contribution in [0.1, 0.15) is 29.8 Å². The van der Waals surface area contributed by atoms with E-state index in [-0.39, 0.29) is 24.0 Å². The van der Waals surface area contributed by atoms with Crippen molar-refractivity contribution in [2.45, 2.75) is 33.1 Å². The van der Waals surface area contributed by atoms with E-state index >= 15 is 0 Å². The number of benzene rings is 2. The summed E-state index contributed by atoms with van der Waals surface area (Å²) in [7, 11) is 0. The van der Waals surface area contributed by atoms with E-state index in [2.05, 4.69) is 10.1 Å². The zero-order valence-corrected chi connectivity index (χ0v) is 14.4. The first-order chi connectivity index (χ1) is 12.3. The van der Waals surface area contributed by atoms with Gasteiger partial charge in [-0.3, -0.25) is 9.59 Å². The van der Waals surface area contributed by atoms with Crippen LogP contribution in [0.4, 0.5) is 8.78 Å². The van der Waals surface area contributed by atoms with Crippen LogP contribution >= 0.6 is 0 Å². The summed E-state index contributed by atoms with van der Waals surface area (Å²) in [6.07, 6.45) is -0.794. The average molecular weight is 363 g/mol. The molecule has 0 heterocycles. The minimum Gasteiger partial charge on any atom is -0.481 e. The van der Waals surface area contributed by atoms with E-state index in [4.69, 9.17) is 4.74 Å². The number of carbonyl (C=O) groups is 2. The van der Waals surface area contributed by atoms with Crippen molar-refractivity contribution in [3.63, 3.8) is 0 Å². The SMILES string of the molecule is CC(=O)c1cccc(OC(C)C(=O)NCc2cccc(OC(F)F)c2)c1. The highest BCUT2D eigenvalue weighted by Crippen LogP contribution is 2.17. The zero-order chi connectivity index (χ0) is 19.1. The molecule has 0 radical (unpaired) electrons. The Morgan fingerprint density at radius 2 is 1.69 bits per heavy atom. The van der Waals surface area contributed by atoms with Gasteiger partial charge in [0.05, 0.1) is 0 Å². The summed E-state index contributed by atoms with van der Waals surface area (Å²) in [5, 5.41) is 2.66. The van der Waals surface area contributed by atoms with E-state index < -0.39 is 12.7 Å². The zero-order valence-electron chi connectivity index (χ0n) is 14.4. The summed E-state index contributed by atoms with van der Waals surface area (Å²) in [5.74, 6) is -0.0402. The first-order valence-corrected chi connectivity index (χ1v) is 7.94. The Morgan fingerprint density at radius 1 is 1.04 bits per heavy atom. The fourth-order valence-corrected chi connectivity index (χ4v) is 2.21. The lowest BCUT2D eigenvalue weighted by molar-refractivity contribution is -0.127. The van der Waals surface area contributed by atoms with Gasteiger partial charge in [0.1, 0.15) is 11.5 Å². The summed E-state index contributed by atoms with van der Waals surface area (Å²) in [6.45, 7) is 0.257. The number of nitrogens with one attached hydrogen (secondary N) is 1. The highest BCUT2D eigenvalue weighted by Gasteiger charge is 2.15. The smallest absolute Gasteiger partial charge is 0.387 e. The van der Waals surface area contributed by atoms with Crippen LogP contribution < -0.4 is 14.8 Å². The van der Waals surface area contributed by atoms with Gasteiger partial charge in [0.15, 0.2) is 11.9 Å². The minimum atomic E-state index is -2.90. The second kappa shape index (κ2) is 8.94. The number of carbonyl (C=O) groups excluding carboxylic acids is 2. The van der Waals surface area contributed by atoms with Crippen LogP contribution in [-0.4, -0.2) is 24.4 Å². The number of hydrogen-bond acceptors (Lipinski definition) is 4. The summed E-state index contributed by atoms with van der Waals surface area (Å²) in [4.78, 5) is 23.5. The third-order valence-corrected chi connectivity index (χ3v) is 3.51. The van der Waals surface area contributed by atoms with Crippen molar-refractivity contribution in [2.24, 2.45) is 0 Å². The fourth-order valence-electron chi connectivity index (χ4n) is 2.21. The van der Waals surface area contributed by atoms with Crippen LogP contribution in [0, 0.1) is 0 Å². The Bertz CT molecular complexity index is 780. The molecule has 2 rings (SSSR count). The molecule has 0 saturated carbocycles. The number of rotatable bonds is 8. The van der Waals surface area contributed by atoms with E-state index in [0.29, 0.717) is 16.9 Å². The highest BCUT2D eigenvalue weighted by atomic mass is 19.3. The van der Waals surface area contributed by atoms with Crippen LogP contribution in [-0.2, 0) is 11.3 Å². The maximum absolute atomic E-state index is 12.2. The van der Waals surface area contributed by atoms with Gasteiger partial charge in [0, 0.05) is 12.1 Å². The van der Waals surface area contributed by atoms with E-state index in [9.17, 15) is 18.4 Å². The first kappa shape index (κ1) is 19.4. The van der Waals surface area contributed by atoms with E-state index in [0.717, 1.165) is 0 Å². The summed E-state index contributed by atoms with van der Waals surface area (Å²) in [6, 6.07) is 12.6. The van der Waals surface area contributed by atoms with Gasteiger partial charge in [0.25, 0.3) is 5.91 Å². The van der Waals surface area contributed by atoms with Crippen molar-refractivity contribution in [1.82, 2.24) is 5.32 Å². The van der Waals surface area contributed by atoms with Crippen LogP contribution in [0.5, 0.6) is 11.5 Å².